The van der Waals surface area contributed by atoms with Crippen molar-refractivity contribution in [2.45, 2.75) is 25.7 Å². The number of aliphatic carboxylic acids is 1. The molecule has 0 spiro atoms. The van der Waals surface area contributed by atoms with Gasteiger partial charge in [0.25, 0.3) is 0 Å². The molecule has 0 amide bonds. The minimum atomic E-state index is -5.08. The number of nitrogens with one attached hydrogen (secondary N) is 3. The molecule has 46 heavy (non-hydrogen) atoms. The number of phenols is 1. The van der Waals surface area contributed by atoms with E-state index >= 15 is 0 Å². The van der Waals surface area contributed by atoms with Crippen molar-refractivity contribution >= 4 is 23.8 Å². The van der Waals surface area contributed by atoms with E-state index < -0.39 is 12.1 Å². The fourth-order valence-corrected chi connectivity index (χ4v) is 4.23. The number of anilines is 3. The average Bonchev–Trinajstić information content (AvgIpc) is 3.04. The van der Waals surface area contributed by atoms with Crippen molar-refractivity contribution in [3.63, 3.8) is 0 Å². The quantitative estimate of drug-likeness (QED) is 0.146. The first-order chi connectivity index (χ1) is 22.0. The van der Waals surface area contributed by atoms with Gasteiger partial charge in [0.05, 0.1) is 0 Å². The van der Waals surface area contributed by atoms with Gasteiger partial charge in [0.15, 0.2) is 0 Å². The average molecular weight is 644 g/mol. The van der Waals surface area contributed by atoms with Gasteiger partial charge in [-0.25, -0.2) is 9.18 Å². The zero-order valence-corrected chi connectivity index (χ0v) is 24.6. The van der Waals surface area contributed by atoms with Crippen LogP contribution < -0.4 is 25.6 Å². The molecule has 2 heterocycles. The normalized spacial score (nSPS) is 12.9. The summed E-state index contributed by atoms with van der Waals surface area (Å²) in [5, 5.41) is 26.6. The Morgan fingerprint density at radius 2 is 1.54 bits per heavy atom. The SMILES string of the molecule is O=C(O)C(F)(F)F.Oc1ccc(CCNc2nc(NCc3cccc(OCc4cccc(F)c4)c3)nc(N3CCNCC3)n2)cc1. The Balaban J connectivity index is 0.000000617. The van der Waals surface area contributed by atoms with Crippen molar-refractivity contribution in [3.8, 4) is 11.5 Å². The fourth-order valence-electron chi connectivity index (χ4n) is 4.23. The first-order valence-corrected chi connectivity index (χ1v) is 14.3. The summed E-state index contributed by atoms with van der Waals surface area (Å²) in [5.74, 6) is -0.457. The summed E-state index contributed by atoms with van der Waals surface area (Å²) in [6.07, 6.45) is -4.32. The molecule has 15 heteroatoms. The van der Waals surface area contributed by atoms with E-state index in [1.54, 1.807) is 18.2 Å². The Kier molecular flexibility index (Phi) is 11.9. The Hall–Kier alpha value is -5.18. The monoisotopic (exact) mass is 643 g/mol. The van der Waals surface area contributed by atoms with Crippen LogP contribution >= 0.6 is 0 Å². The zero-order chi connectivity index (χ0) is 32.9. The van der Waals surface area contributed by atoms with Crippen LogP contribution in [0.15, 0.2) is 72.8 Å². The number of aromatic nitrogens is 3. The Morgan fingerprint density at radius 1 is 0.891 bits per heavy atom. The number of hydrogen-bond acceptors (Lipinski definition) is 10. The molecule has 0 unspecified atom stereocenters. The molecule has 1 aliphatic heterocycles. The van der Waals surface area contributed by atoms with Gasteiger partial charge in [-0.15, -0.1) is 0 Å². The summed E-state index contributed by atoms with van der Waals surface area (Å²) in [4.78, 5) is 25.0. The number of nitrogens with zero attached hydrogens (tertiary/aromatic N) is 4. The molecule has 0 bridgehead atoms. The minimum absolute atomic E-state index is 0.254. The third-order valence-corrected chi connectivity index (χ3v) is 6.54. The first-order valence-electron chi connectivity index (χ1n) is 14.3. The number of carboxylic acids is 1. The molecule has 0 radical (unpaired) electrons. The lowest BCUT2D eigenvalue weighted by atomic mass is 10.1. The summed E-state index contributed by atoms with van der Waals surface area (Å²) in [6.45, 7) is 4.81. The number of halogens is 4. The van der Waals surface area contributed by atoms with Crippen LogP contribution in [-0.4, -0.2) is 70.0 Å². The smallest absolute Gasteiger partial charge is 0.490 e. The standard InChI is InChI=1S/C29H32FN7O2.C2HF3O2/c30-24-5-1-4-23(17-24)20-39-26-6-2-3-22(18-26)19-33-28-34-27(32-12-11-21-7-9-25(38)10-8-21)35-29(36-28)37-15-13-31-14-16-37;3-2(4,5)1(6)7/h1-10,17-18,31,38H,11-16,19-20H2,(H2,32,33,34,35,36);(H,6,7). The molecule has 1 saturated heterocycles. The van der Waals surface area contributed by atoms with Crippen LogP contribution in [0.1, 0.15) is 16.7 Å². The highest BCUT2D eigenvalue weighted by Crippen LogP contribution is 2.19. The Bertz CT molecular complexity index is 1570. The number of rotatable bonds is 11. The maximum atomic E-state index is 13.5. The van der Waals surface area contributed by atoms with Gasteiger partial charge in [0, 0.05) is 39.3 Å². The number of ether oxygens (including phenoxy) is 1. The molecule has 4 aromatic rings. The van der Waals surface area contributed by atoms with Gasteiger partial charge >= 0.3 is 12.1 Å². The highest BCUT2D eigenvalue weighted by Gasteiger charge is 2.38. The van der Waals surface area contributed by atoms with Crippen LogP contribution in [0.25, 0.3) is 0 Å². The van der Waals surface area contributed by atoms with E-state index in [4.69, 9.17) is 14.6 Å². The van der Waals surface area contributed by atoms with E-state index in [9.17, 15) is 22.7 Å². The summed E-state index contributed by atoms with van der Waals surface area (Å²) in [5.41, 5.74) is 2.88. The highest BCUT2D eigenvalue weighted by atomic mass is 19.4. The summed E-state index contributed by atoms with van der Waals surface area (Å²) >= 11 is 0. The molecule has 0 saturated carbocycles. The molecule has 0 atom stereocenters. The maximum absolute atomic E-state index is 13.5. The van der Waals surface area contributed by atoms with Crippen LogP contribution in [0, 0.1) is 5.82 Å². The predicted molar refractivity (Wildman–Crippen MR) is 163 cm³/mol. The van der Waals surface area contributed by atoms with Gasteiger partial charge < -0.3 is 35.8 Å². The second kappa shape index (κ2) is 16.2. The van der Waals surface area contributed by atoms with Crippen molar-refractivity contribution in [1.29, 1.82) is 0 Å². The van der Waals surface area contributed by atoms with Gasteiger partial charge in [-0.3, -0.25) is 0 Å². The van der Waals surface area contributed by atoms with E-state index in [1.165, 1.54) is 12.1 Å². The van der Waals surface area contributed by atoms with Crippen molar-refractivity contribution in [3.05, 3.63) is 95.3 Å². The summed E-state index contributed by atoms with van der Waals surface area (Å²) in [7, 11) is 0. The topological polar surface area (TPSA) is 145 Å². The lowest BCUT2D eigenvalue weighted by Crippen LogP contribution is -2.44. The second-order valence-electron chi connectivity index (χ2n) is 10.1. The Morgan fingerprint density at radius 3 is 2.22 bits per heavy atom. The molecular weight excluding hydrogens is 610 g/mol. The molecule has 0 aliphatic carbocycles. The largest absolute Gasteiger partial charge is 0.508 e. The number of hydrogen-bond donors (Lipinski definition) is 5. The van der Waals surface area contributed by atoms with E-state index in [2.05, 4.69) is 35.8 Å². The molecule has 1 fully saturated rings. The number of alkyl halides is 3. The van der Waals surface area contributed by atoms with E-state index in [0.29, 0.717) is 36.7 Å². The van der Waals surface area contributed by atoms with Crippen molar-refractivity contribution in [2.24, 2.45) is 0 Å². The molecule has 1 aromatic heterocycles. The number of phenolic OH excluding ortho intramolecular Hbond substituents is 1. The zero-order valence-electron chi connectivity index (χ0n) is 24.6. The first kappa shape index (κ1) is 33.7. The molecule has 1 aliphatic rings. The minimum Gasteiger partial charge on any atom is -0.508 e. The van der Waals surface area contributed by atoms with Crippen LogP contribution in [0.3, 0.4) is 0 Å². The number of aromatic hydroxyl groups is 1. The van der Waals surface area contributed by atoms with Crippen LogP contribution in [0.4, 0.5) is 35.4 Å². The molecule has 244 valence electrons. The summed E-state index contributed by atoms with van der Waals surface area (Å²) < 4.78 is 51.1. The van der Waals surface area contributed by atoms with Crippen LogP contribution in [0.2, 0.25) is 0 Å². The number of benzene rings is 3. The van der Waals surface area contributed by atoms with Gasteiger partial charge in [-0.1, -0.05) is 36.4 Å². The van der Waals surface area contributed by atoms with Gasteiger partial charge in [0.1, 0.15) is 23.9 Å². The van der Waals surface area contributed by atoms with E-state index in [0.717, 1.165) is 49.3 Å². The number of piperazine rings is 1. The van der Waals surface area contributed by atoms with Gasteiger partial charge in [-0.05, 0) is 59.5 Å². The molecule has 5 rings (SSSR count). The second-order valence-corrected chi connectivity index (χ2v) is 10.1. The maximum Gasteiger partial charge on any atom is 0.490 e. The van der Waals surface area contributed by atoms with Crippen molar-refractivity contribution in [2.75, 3.05) is 48.3 Å². The third-order valence-electron chi connectivity index (χ3n) is 6.54. The fraction of sp³-hybridized carbons (Fsp3) is 0.290. The van der Waals surface area contributed by atoms with Crippen LogP contribution in [-0.2, 0) is 24.4 Å². The molecule has 5 N–H and O–H groups in total. The molecule has 11 nitrogen and oxygen atoms in total. The molecular formula is C31H33F4N7O4. The van der Waals surface area contributed by atoms with Crippen molar-refractivity contribution in [1.82, 2.24) is 20.3 Å². The lowest BCUT2D eigenvalue weighted by Gasteiger charge is -2.27. The van der Waals surface area contributed by atoms with Crippen LogP contribution in [0.5, 0.6) is 11.5 Å². The van der Waals surface area contributed by atoms with Gasteiger partial charge in [0.2, 0.25) is 17.8 Å². The summed E-state index contributed by atoms with van der Waals surface area (Å²) in [6, 6.07) is 21.3. The van der Waals surface area contributed by atoms with E-state index in [-0.39, 0.29) is 18.2 Å². The number of carboxylic acid groups (broad SMARTS) is 1. The Labute approximate surface area is 262 Å². The third kappa shape index (κ3) is 11.1. The lowest BCUT2D eigenvalue weighted by molar-refractivity contribution is -0.192. The van der Waals surface area contributed by atoms with E-state index in [1.807, 2.05) is 42.5 Å². The van der Waals surface area contributed by atoms with Gasteiger partial charge in [-0.2, -0.15) is 28.1 Å². The van der Waals surface area contributed by atoms with Crippen molar-refractivity contribution < 1.29 is 37.3 Å². The predicted octanol–water partition coefficient (Wildman–Crippen LogP) is 4.60. The molecule has 3 aromatic carbocycles. The number of carbonyl (C=O) groups is 1. The highest BCUT2D eigenvalue weighted by molar-refractivity contribution is 5.73.